The van der Waals surface area contributed by atoms with Crippen LogP contribution in [0.15, 0.2) is 24.3 Å². The van der Waals surface area contributed by atoms with Gasteiger partial charge in [0, 0.05) is 21.6 Å². The number of carbonyl (C=O) groups is 1. The molecule has 1 atom stereocenters. The van der Waals surface area contributed by atoms with Crippen LogP contribution < -0.4 is 0 Å². The number of aryl methyl sites for hydroxylation is 1. The van der Waals surface area contributed by atoms with E-state index in [0.29, 0.717) is 5.56 Å². The quantitative estimate of drug-likeness (QED) is 0.766. The van der Waals surface area contributed by atoms with Crippen molar-refractivity contribution >= 4 is 16.6 Å². The Bertz CT molecular complexity index is 430. The predicted octanol–water partition coefficient (Wildman–Crippen LogP) is 3.12. The van der Waals surface area contributed by atoms with Gasteiger partial charge in [0.1, 0.15) is 0 Å². The fourth-order valence-electron chi connectivity index (χ4n) is 2.41. The van der Waals surface area contributed by atoms with Crippen LogP contribution >= 0.6 is 0 Å². The van der Waals surface area contributed by atoms with Gasteiger partial charge in [-0.1, -0.05) is 44.0 Å². The summed E-state index contributed by atoms with van der Waals surface area (Å²) in [4.78, 5) is 12.0. The van der Waals surface area contributed by atoms with Crippen molar-refractivity contribution in [2.45, 2.75) is 44.3 Å². The second-order valence-corrected chi connectivity index (χ2v) is 6.62. The number of hydrogen-bond acceptors (Lipinski definition) is 2. The third-order valence-electron chi connectivity index (χ3n) is 3.63. The van der Waals surface area contributed by atoms with Gasteiger partial charge >= 0.3 is 0 Å². The SMILES string of the molecule is CCc1ccc(C(=O)CS(=O)C2CCCC2)cc1. The lowest BCUT2D eigenvalue weighted by Gasteiger charge is -2.08. The highest BCUT2D eigenvalue weighted by molar-refractivity contribution is 7.86. The molecule has 0 bridgehead atoms. The minimum Gasteiger partial charge on any atom is -0.293 e. The minimum absolute atomic E-state index is 0.0166. The van der Waals surface area contributed by atoms with Crippen LogP contribution in [0, 0.1) is 0 Å². The third-order valence-corrected chi connectivity index (χ3v) is 5.39. The van der Waals surface area contributed by atoms with Crippen molar-refractivity contribution in [3.8, 4) is 0 Å². The highest BCUT2D eigenvalue weighted by Gasteiger charge is 2.23. The van der Waals surface area contributed by atoms with Crippen LogP contribution in [-0.4, -0.2) is 21.0 Å². The van der Waals surface area contributed by atoms with Crippen LogP contribution in [0.5, 0.6) is 0 Å². The van der Waals surface area contributed by atoms with Gasteiger partial charge in [0.25, 0.3) is 0 Å². The highest BCUT2D eigenvalue weighted by atomic mass is 32.2. The molecule has 1 aliphatic rings. The lowest BCUT2D eigenvalue weighted by atomic mass is 10.1. The van der Waals surface area contributed by atoms with Gasteiger partial charge in [-0.15, -0.1) is 0 Å². The van der Waals surface area contributed by atoms with Crippen molar-refractivity contribution in [1.82, 2.24) is 0 Å². The van der Waals surface area contributed by atoms with Crippen molar-refractivity contribution in [2.24, 2.45) is 0 Å². The van der Waals surface area contributed by atoms with E-state index >= 15 is 0 Å². The van der Waals surface area contributed by atoms with Gasteiger partial charge in [0.2, 0.25) is 0 Å². The number of carbonyl (C=O) groups excluding carboxylic acids is 1. The first-order chi connectivity index (χ1) is 8.70. The summed E-state index contributed by atoms with van der Waals surface area (Å²) in [6.07, 6.45) is 5.34. The molecule has 1 unspecified atom stereocenters. The van der Waals surface area contributed by atoms with Gasteiger partial charge in [-0.05, 0) is 24.8 Å². The molecule has 18 heavy (non-hydrogen) atoms. The van der Waals surface area contributed by atoms with E-state index in [-0.39, 0.29) is 16.8 Å². The summed E-state index contributed by atoms with van der Waals surface area (Å²) in [5.74, 6) is 0.207. The molecule has 0 N–H and O–H groups in total. The summed E-state index contributed by atoms with van der Waals surface area (Å²) in [7, 11) is -0.983. The summed E-state index contributed by atoms with van der Waals surface area (Å²) in [5.41, 5.74) is 1.92. The Labute approximate surface area is 111 Å². The van der Waals surface area contributed by atoms with Crippen molar-refractivity contribution in [3.05, 3.63) is 35.4 Å². The molecule has 0 aliphatic heterocycles. The molecule has 1 saturated carbocycles. The van der Waals surface area contributed by atoms with Crippen LogP contribution in [0.4, 0.5) is 0 Å². The predicted molar refractivity (Wildman–Crippen MR) is 75.4 cm³/mol. The summed E-state index contributed by atoms with van der Waals surface area (Å²) < 4.78 is 12.0. The van der Waals surface area contributed by atoms with Gasteiger partial charge in [-0.25, -0.2) is 0 Å². The van der Waals surface area contributed by atoms with E-state index in [9.17, 15) is 9.00 Å². The molecule has 3 heteroatoms. The fraction of sp³-hybridized carbons (Fsp3) is 0.533. The van der Waals surface area contributed by atoms with E-state index in [1.807, 2.05) is 24.3 Å². The van der Waals surface area contributed by atoms with E-state index in [0.717, 1.165) is 32.1 Å². The number of rotatable bonds is 5. The molecule has 0 saturated heterocycles. The summed E-state index contributed by atoms with van der Waals surface area (Å²) in [6.45, 7) is 2.09. The monoisotopic (exact) mass is 264 g/mol. The van der Waals surface area contributed by atoms with E-state index < -0.39 is 10.8 Å². The van der Waals surface area contributed by atoms with E-state index in [2.05, 4.69) is 6.92 Å². The first-order valence-electron chi connectivity index (χ1n) is 6.70. The van der Waals surface area contributed by atoms with E-state index in [1.54, 1.807) is 0 Å². The largest absolute Gasteiger partial charge is 0.293 e. The normalized spacial score (nSPS) is 17.8. The van der Waals surface area contributed by atoms with Crippen LogP contribution in [-0.2, 0) is 17.2 Å². The maximum Gasteiger partial charge on any atom is 0.175 e. The lowest BCUT2D eigenvalue weighted by Crippen LogP contribution is -2.19. The van der Waals surface area contributed by atoms with Crippen molar-refractivity contribution < 1.29 is 9.00 Å². The van der Waals surface area contributed by atoms with Crippen molar-refractivity contribution in [1.29, 1.82) is 0 Å². The molecule has 1 fully saturated rings. The van der Waals surface area contributed by atoms with Crippen LogP contribution in [0.3, 0.4) is 0 Å². The molecule has 1 aromatic carbocycles. The molecule has 0 spiro atoms. The molecule has 0 radical (unpaired) electrons. The molecule has 1 aliphatic carbocycles. The Morgan fingerprint density at radius 2 is 1.83 bits per heavy atom. The molecule has 0 aromatic heterocycles. The molecule has 0 amide bonds. The molecular formula is C15H20O2S. The molecule has 0 heterocycles. The second-order valence-electron chi connectivity index (χ2n) is 4.91. The molecule has 1 aromatic rings. The third kappa shape index (κ3) is 3.29. The van der Waals surface area contributed by atoms with E-state index in [1.165, 1.54) is 5.56 Å². The Morgan fingerprint density at radius 3 is 2.39 bits per heavy atom. The fourth-order valence-corrected chi connectivity index (χ4v) is 3.93. The maximum absolute atomic E-state index is 12.0. The molecular weight excluding hydrogens is 244 g/mol. The van der Waals surface area contributed by atoms with Gasteiger partial charge in [-0.2, -0.15) is 0 Å². The number of ketones is 1. The molecule has 98 valence electrons. The topological polar surface area (TPSA) is 34.1 Å². The first kappa shape index (κ1) is 13.5. The Hall–Kier alpha value is -0.960. The minimum atomic E-state index is -0.983. The zero-order chi connectivity index (χ0) is 13.0. The lowest BCUT2D eigenvalue weighted by molar-refractivity contribution is 0.102. The van der Waals surface area contributed by atoms with E-state index in [4.69, 9.17) is 0 Å². The van der Waals surface area contributed by atoms with Gasteiger partial charge in [0.15, 0.2) is 5.78 Å². The maximum atomic E-state index is 12.0. The smallest absolute Gasteiger partial charge is 0.175 e. The molecule has 2 nitrogen and oxygen atoms in total. The number of benzene rings is 1. The Morgan fingerprint density at radius 1 is 1.22 bits per heavy atom. The average molecular weight is 264 g/mol. The Balaban J connectivity index is 1.95. The standard InChI is InChI=1S/C15H20O2S/c1-2-12-7-9-13(10-8-12)15(16)11-18(17)14-5-3-4-6-14/h7-10,14H,2-6,11H2,1H3. The first-order valence-corrected chi connectivity index (χ1v) is 8.08. The van der Waals surface area contributed by atoms with Crippen molar-refractivity contribution in [2.75, 3.05) is 5.75 Å². The summed E-state index contributed by atoms with van der Waals surface area (Å²) in [6, 6.07) is 7.66. The second kappa shape index (κ2) is 6.28. The molecule has 2 rings (SSSR count). The number of Topliss-reactive ketones (excluding diaryl/α,β-unsaturated/α-hetero) is 1. The van der Waals surface area contributed by atoms with Crippen LogP contribution in [0.25, 0.3) is 0 Å². The van der Waals surface area contributed by atoms with Crippen molar-refractivity contribution in [3.63, 3.8) is 0 Å². The summed E-state index contributed by atoms with van der Waals surface area (Å²) in [5, 5.41) is 0.254. The summed E-state index contributed by atoms with van der Waals surface area (Å²) >= 11 is 0. The number of hydrogen-bond donors (Lipinski definition) is 0. The van der Waals surface area contributed by atoms with Crippen LogP contribution in [0.1, 0.15) is 48.5 Å². The zero-order valence-electron chi connectivity index (χ0n) is 10.9. The van der Waals surface area contributed by atoms with Gasteiger partial charge < -0.3 is 0 Å². The highest BCUT2D eigenvalue weighted by Crippen LogP contribution is 2.23. The van der Waals surface area contributed by atoms with Gasteiger partial charge in [-0.3, -0.25) is 9.00 Å². The Kier molecular flexibility index (Phi) is 4.70. The van der Waals surface area contributed by atoms with Crippen LogP contribution in [0.2, 0.25) is 0 Å². The zero-order valence-corrected chi connectivity index (χ0v) is 11.7. The van der Waals surface area contributed by atoms with Gasteiger partial charge in [0.05, 0.1) is 5.75 Å². The average Bonchev–Trinajstić information content (AvgIpc) is 2.92.